The van der Waals surface area contributed by atoms with Crippen molar-refractivity contribution in [2.45, 2.75) is 18.9 Å². The second kappa shape index (κ2) is 5.18. The molecule has 90 valence electrons. The maximum atomic E-state index is 9.12. The Hall–Kier alpha value is -1.26. The number of rotatable bonds is 5. The minimum absolute atomic E-state index is 0.0630. The smallest absolute Gasteiger partial charge is 0.122 e. The van der Waals surface area contributed by atoms with E-state index in [9.17, 15) is 0 Å². The predicted molar refractivity (Wildman–Crippen MR) is 62.9 cm³/mol. The molecule has 4 nitrogen and oxygen atoms in total. The van der Waals surface area contributed by atoms with Gasteiger partial charge in [0, 0.05) is 11.6 Å². The van der Waals surface area contributed by atoms with Gasteiger partial charge < -0.3 is 20.3 Å². The van der Waals surface area contributed by atoms with E-state index in [-0.39, 0.29) is 6.61 Å². The summed E-state index contributed by atoms with van der Waals surface area (Å²) in [5, 5.41) is 9.12. The van der Waals surface area contributed by atoms with Crippen molar-refractivity contribution in [3.8, 4) is 11.5 Å². The van der Waals surface area contributed by atoms with Crippen molar-refractivity contribution in [3.63, 3.8) is 0 Å². The molecule has 0 radical (unpaired) electrons. The molecule has 16 heavy (non-hydrogen) atoms. The number of ether oxygens (including phenoxy) is 2. The van der Waals surface area contributed by atoms with Crippen molar-refractivity contribution >= 4 is 0 Å². The molecule has 0 fully saturated rings. The highest BCUT2D eigenvalue weighted by atomic mass is 16.5. The number of hydrogen-bond acceptors (Lipinski definition) is 4. The number of methoxy groups -OCH3 is 2. The van der Waals surface area contributed by atoms with Gasteiger partial charge in [-0.2, -0.15) is 0 Å². The highest BCUT2D eigenvalue weighted by Crippen LogP contribution is 2.24. The van der Waals surface area contributed by atoms with Crippen LogP contribution in [0.4, 0.5) is 0 Å². The lowest BCUT2D eigenvalue weighted by atomic mass is 9.95. The fourth-order valence-electron chi connectivity index (χ4n) is 1.49. The summed E-state index contributed by atoms with van der Waals surface area (Å²) in [5.74, 6) is 1.45. The van der Waals surface area contributed by atoms with Crippen LogP contribution in [0.3, 0.4) is 0 Å². The SMILES string of the molecule is COc1cc(CC(C)(N)CO)cc(OC)c1. The Kier molecular flexibility index (Phi) is 4.15. The molecule has 0 aliphatic heterocycles. The van der Waals surface area contributed by atoms with Crippen molar-refractivity contribution in [2.24, 2.45) is 5.73 Å². The van der Waals surface area contributed by atoms with Crippen LogP contribution in [0.1, 0.15) is 12.5 Å². The van der Waals surface area contributed by atoms with E-state index >= 15 is 0 Å². The third kappa shape index (κ3) is 3.40. The van der Waals surface area contributed by atoms with Crippen LogP contribution in [0.15, 0.2) is 18.2 Å². The van der Waals surface area contributed by atoms with Crippen LogP contribution < -0.4 is 15.2 Å². The fraction of sp³-hybridized carbons (Fsp3) is 0.500. The first kappa shape index (κ1) is 12.8. The Morgan fingerprint density at radius 2 is 1.69 bits per heavy atom. The van der Waals surface area contributed by atoms with Gasteiger partial charge in [-0.3, -0.25) is 0 Å². The molecule has 3 N–H and O–H groups in total. The van der Waals surface area contributed by atoms with Crippen LogP contribution in [0.25, 0.3) is 0 Å². The number of aliphatic hydroxyl groups is 1. The summed E-state index contributed by atoms with van der Waals surface area (Å²) in [6.07, 6.45) is 0.567. The van der Waals surface area contributed by atoms with Gasteiger partial charge in [0.2, 0.25) is 0 Å². The molecule has 0 aromatic heterocycles. The third-order valence-electron chi connectivity index (χ3n) is 2.38. The lowest BCUT2D eigenvalue weighted by Gasteiger charge is -2.22. The number of benzene rings is 1. The summed E-state index contributed by atoms with van der Waals surface area (Å²) in [5.41, 5.74) is 6.25. The molecule has 4 heteroatoms. The minimum Gasteiger partial charge on any atom is -0.497 e. The third-order valence-corrected chi connectivity index (χ3v) is 2.38. The first-order chi connectivity index (χ1) is 7.50. The second-order valence-corrected chi connectivity index (χ2v) is 4.21. The molecule has 1 atom stereocenters. The predicted octanol–water partition coefficient (Wildman–Crippen LogP) is 0.956. The molecule has 0 bridgehead atoms. The van der Waals surface area contributed by atoms with Crippen molar-refractivity contribution in [2.75, 3.05) is 20.8 Å². The highest BCUT2D eigenvalue weighted by molar-refractivity contribution is 5.39. The quantitative estimate of drug-likeness (QED) is 0.783. The molecule has 0 saturated carbocycles. The van der Waals surface area contributed by atoms with Gasteiger partial charge in [-0.1, -0.05) is 0 Å². The van der Waals surface area contributed by atoms with Crippen molar-refractivity contribution < 1.29 is 14.6 Å². The molecule has 0 saturated heterocycles. The lowest BCUT2D eigenvalue weighted by Crippen LogP contribution is -2.42. The molecule has 1 aromatic carbocycles. The molecule has 0 aliphatic carbocycles. The number of aliphatic hydroxyl groups excluding tert-OH is 1. The Labute approximate surface area is 96.0 Å². The van der Waals surface area contributed by atoms with Crippen LogP contribution in [-0.4, -0.2) is 31.5 Å². The average molecular weight is 225 g/mol. The van der Waals surface area contributed by atoms with Crippen molar-refractivity contribution in [3.05, 3.63) is 23.8 Å². The average Bonchev–Trinajstić information content (AvgIpc) is 2.28. The standard InChI is InChI=1S/C12H19NO3/c1-12(13,8-14)7-9-4-10(15-2)6-11(5-9)16-3/h4-6,14H,7-8,13H2,1-3H3. The Balaban J connectivity index is 2.95. The van der Waals surface area contributed by atoms with Gasteiger partial charge in [-0.05, 0) is 31.0 Å². The van der Waals surface area contributed by atoms with Crippen LogP contribution in [0, 0.1) is 0 Å². The van der Waals surface area contributed by atoms with Gasteiger partial charge in [0.15, 0.2) is 0 Å². The Morgan fingerprint density at radius 1 is 1.19 bits per heavy atom. The van der Waals surface area contributed by atoms with E-state index in [0.29, 0.717) is 6.42 Å². The van der Waals surface area contributed by atoms with Gasteiger partial charge in [-0.25, -0.2) is 0 Å². The van der Waals surface area contributed by atoms with E-state index in [4.69, 9.17) is 20.3 Å². The maximum Gasteiger partial charge on any atom is 0.122 e. The minimum atomic E-state index is -0.628. The molecule has 0 spiro atoms. The van der Waals surface area contributed by atoms with E-state index in [0.717, 1.165) is 17.1 Å². The van der Waals surface area contributed by atoms with E-state index in [2.05, 4.69) is 0 Å². The van der Waals surface area contributed by atoms with Crippen LogP contribution in [0.2, 0.25) is 0 Å². The zero-order valence-corrected chi connectivity index (χ0v) is 9.99. The molecule has 1 aromatic rings. The number of hydrogen-bond donors (Lipinski definition) is 2. The zero-order valence-electron chi connectivity index (χ0n) is 9.99. The maximum absolute atomic E-state index is 9.12. The summed E-state index contributed by atoms with van der Waals surface area (Å²) in [7, 11) is 3.21. The molecular weight excluding hydrogens is 206 g/mol. The fourth-order valence-corrected chi connectivity index (χ4v) is 1.49. The zero-order chi connectivity index (χ0) is 12.2. The van der Waals surface area contributed by atoms with E-state index in [1.807, 2.05) is 12.1 Å². The van der Waals surface area contributed by atoms with Gasteiger partial charge >= 0.3 is 0 Å². The molecule has 1 unspecified atom stereocenters. The Morgan fingerprint density at radius 3 is 2.06 bits per heavy atom. The lowest BCUT2D eigenvalue weighted by molar-refractivity contribution is 0.208. The Bertz CT molecular complexity index is 328. The van der Waals surface area contributed by atoms with Crippen molar-refractivity contribution in [1.29, 1.82) is 0 Å². The largest absolute Gasteiger partial charge is 0.497 e. The molecule has 1 rings (SSSR count). The van der Waals surface area contributed by atoms with Crippen LogP contribution in [-0.2, 0) is 6.42 Å². The summed E-state index contributed by atoms with van der Waals surface area (Å²) in [4.78, 5) is 0. The van der Waals surface area contributed by atoms with Gasteiger partial charge in [0.05, 0.1) is 20.8 Å². The first-order valence-electron chi connectivity index (χ1n) is 5.12. The van der Waals surface area contributed by atoms with E-state index in [1.54, 1.807) is 27.2 Å². The van der Waals surface area contributed by atoms with E-state index < -0.39 is 5.54 Å². The van der Waals surface area contributed by atoms with Gasteiger partial charge in [-0.15, -0.1) is 0 Å². The van der Waals surface area contributed by atoms with Crippen molar-refractivity contribution in [1.82, 2.24) is 0 Å². The van der Waals surface area contributed by atoms with Gasteiger partial charge in [0.1, 0.15) is 11.5 Å². The summed E-state index contributed by atoms with van der Waals surface area (Å²) in [6, 6.07) is 5.59. The summed E-state index contributed by atoms with van der Waals surface area (Å²) in [6.45, 7) is 1.74. The van der Waals surface area contributed by atoms with E-state index in [1.165, 1.54) is 0 Å². The van der Waals surface area contributed by atoms with Crippen LogP contribution in [0.5, 0.6) is 11.5 Å². The molecule has 0 heterocycles. The molecule has 0 aliphatic rings. The van der Waals surface area contributed by atoms with Gasteiger partial charge in [0.25, 0.3) is 0 Å². The molecule has 0 amide bonds. The van der Waals surface area contributed by atoms with Crippen LogP contribution >= 0.6 is 0 Å². The summed E-state index contributed by atoms with van der Waals surface area (Å²) >= 11 is 0. The number of nitrogens with two attached hydrogens (primary N) is 1. The summed E-state index contributed by atoms with van der Waals surface area (Å²) < 4.78 is 10.3. The topological polar surface area (TPSA) is 64.7 Å². The monoisotopic (exact) mass is 225 g/mol. The highest BCUT2D eigenvalue weighted by Gasteiger charge is 2.18. The first-order valence-corrected chi connectivity index (χ1v) is 5.12. The normalized spacial score (nSPS) is 14.3. The second-order valence-electron chi connectivity index (χ2n) is 4.21. The molecular formula is C12H19NO3.